The lowest BCUT2D eigenvalue weighted by Crippen LogP contribution is -2.49. The Balaban J connectivity index is 2.79. The molecule has 0 fully saturated rings. The van der Waals surface area contributed by atoms with E-state index in [1.807, 2.05) is 0 Å². The van der Waals surface area contributed by atoms with Crippen LogP contribution in [0.15, 0.2) is 18.2 Å². The van der Waals surface area contributed by atoms with Gasteiger partial charge in [0.1, 0.15) is 5.54 Å². The standard InChI is InChI=1S/C14H20N2O5/c1-10-6-5-7-11(12(10)16(18)19)21-9-8-14(2,15-3)13(17)20-4/h5-7,15H,8-9H2,1-4H3. The van der Waals surface area contributed by atoms with Gasteiger partial charge in [-0.15, -0.1) is 0 Å². The molecule has 1 aromatic rings. The fourth-order valence-corrected chi connectivity index (χ4v) is 1.90. The largest absolute Gasteiger partial charge is 0.487 e. The molecule has 0 amide bonds. The van der Waals surface area contributed by atoms with Gasteiger partial charge in [0.15, 0.2) is 5.75 Å². The molecule has 0 saturated carbocycles. The number of likely N-dealkylation sites (N-methyl/N-ethyl adjacent to an activating group) is 1. The summed E-state index contributed by atoms with van der Waals surface area (Å²) in [5.41, 5.74) is -0.420. The molecule has 1 aromatic carbocycles. The van der Waals surface area contributed by atoms with Crippen molar-refractivity contribution in [3.05, 3.63) is 33.9 Å². The number of esters is 1. The predicted molar refractivity (Wildman–Crippen MR) is 77.4 cm³/mol. The maximum absolute atomic E-state index is 11.7. The van der Waals surface area contributed by atoms with E-state index < -0.39 is 16.4 Å². The number of nitrogens with zero attached hydrogens (tertiary/aromatic N) is 1. The monoisotopic (exact) mass is 296 g/mol. The van der Waals surface area contributed by atoms with E-state index in [0.29, 0.717) is 12.0 Å². The number of aryl methyl sites for hydroxylation is 1. The van der Waals surface area contributed by atoms with Gasteiger partial charge < -0.3 is 14.8 Å². The van der Waals surface area contributed by atoms with Gasteiger partial charge in [-0.25, -0.2) is 0 Å². The molecule has 7 nitrogen and oxygen atoms in total. The maximum atomic E-state index is 11.7. The van der Waals surface area contributed by atoms with Crippen molar-refractivity contribution in [3.8, 4) is 5.75 Å². The highest BCUT2D eigenvalue weighted by molar-refractivity contribution is 5.80. The van der Waals surface area contributed by atoms with E-state index in [4.69, 9.17) is 9.47 Å². The Morgan fingerprint density at radius 1 is 1.48 bits per heavy atom. The van der Waals surface area contributed by atoms with Crippen molar-refractivity contribution < 1.29 is 19.2 Å². The Labute approximate surface area is 123 Å². The third kappa shape index (κ3) is 3.91. The highest BCUT2D eigenvalue weighted by Gasteiger charge is 2.32. The second kappa shape index (κ2) is 7.03. The van der Waals surface area contributed by atoms with Crippen LogP contribution in [0, 0.1) is 17.0 Å². The third-order valence-corrected chi connectivity index (χ3v) is 3.43. The number of para-hydroxylation sites is 1. The second-order valence-corrected chi connectivity index (χ2v) is 4.85. The van der Waals surface area contributed by atoms with Crippen molar-refractivity contribution in [2.45, 2.75) is 25.8 Å². The summed E-state index contributed by atoms with van der Waals surface area (Å²) < 4.78 is 10.2. The van der Waals surface area contributed by atoms with Gasteiger partial charge in [0.2, 0.25) is 0 Å². The first-order chi connectivity index (χ1) is 9.85. The number of nitro groups is 1. The van der Waals surface area contributed by atoms with Crippen LogP contribution in [0.4, 0.5) is 5.69 Å². The summed E-state index contributed by atoms with van der Waals surface area (Å²) in [5.74, 6) is -0.212. The molecule has 1 N–H and O–H groups in total. The number of hydrogen-bond donors (Lipinski definition) is 1. The molecule has 7 heteroatoms. The van der Waals surface area contributed by atoms with E-state index >= 15 is 0 Å². The zero-order chi connectivity index (χ0) is 16.0. The van der Waals surface area contributed by atoms with Gasteiger partial charge in [0.25, 0.3) is 0 Å². The summed E-state index contributed by atoms with van der Waals surface area (Å²) in [6.45, 7) is 3.49. The molecule has 0 saturated heterocycles. The smallest absolute Gasteiger partial charge is 0.325 e. The minimum Gasteiger partial charge on any atom is -0.487 e. The summed E-state index contributed by atoms with van der Waals surface area (Å²) in [6, 6.07) is 4.88. The maximum Gasteiger partial charge on any atom is 0.325 e. The molecule has 21 heavy (non-hydrogen) atoms. The summed E-state index contributed by atoms with van der Waals surface area (Å²) >= 11 is 0. The number of ether oxygens (including phenoxy) is 2. The Bertz CT molecular complexity index is 532. The molecule has 0 aliphatic carbocycles. The van der Waals surface area contributed by atoms with E-state index in [-0.39, 0.29) is 18.0 Å². The molecule has 1 atom stereocenters. The molecule has 0 bridgehead atoms. The average molecular weight is 296 g/mol. The SMILES string of the molecule is CNC(C)(CCOc1cccc(C)c1[N+](=O)[O-])C(=O)OC. The highest BCUT2D eigenvalue weighted by Crippen LogP contribution is 2.30. The first-order valence-corrected chi connectivity index (χ1v) is 6.50. The van der Waals surface area contributed by atoms with Gasteiger partial charge in [-0.05, 0) is 27.0 Å². The molecule has 1 unspecified atom stereocenters. The van der Waals surface area contributed by atoms with Crippen molar-refractivity contribution in [1.29, 1.82) is 0 Å². The highest BCUT2D eigenvalue weighted by atomic mass is 16.6. The molecule has 116 valence electrons. The number of carbonyl (C=O) groups is 1. The normalized spacial score (nSPS) is 13.3. The first kappa shape index (κ1) is 16.9. The van der Waals surface area contributed by atoms with Gasteiger partial charge in [-0.3, -0.25) is 14.9 Å². The van der Waals surface area contributed by atoms with E-state index in [2.05, 4.69) is 5.32 Å². The van der Waals surface area contributed by atoms with Crippen molar-refractivity contribution in [1.82, 2.24) is 5.32 Å². The second-order valence-electron chi connectivity index (χ2n) is 4.85. The summed E-state index contributed by atoms with van der Waals surface area (Å²) in [7, 11) is 2.95. The number of hydrogen-bond acceptors (Lipinski definition) is 6. The average Bonchev–Trinajstić information content (AvgIpc) is 2.45. The van der Waals surface area contributed by atoms with Crippen molar-refractivity contribution >= 4 is 11.7 Å². The van der Waals surface area contributed by atoms with Gasteiger partial charge in [0, 0.05) is 12.0 Å². The van der Waals surface area contributed by atoms with E-state index in [0.717, 1.165) is 0 Å². The lowest BCUT2D eigenvalue weighted by Gasteiger charge is -2.25. The minimum atomic E-state index is -0.895. The van der Waals surface area contributed by atoms with Crippen molar-refractivity contribution in [2.75, 3.05) is 20.8 Å². The van der Waals surface area contributed by atoms with Crippen LogP contribution in [0.2, 0.25) is 0 Å². The lowest BCUT2D eigenvalue weighted by molar-refractivity contribution is -0.386. The molecule has 0 spiro atoms. The van der Waals surface area contributed by atoms with Crippen LogP contribution < -0.4 is 10.1 Å². The van der Waals surface area contributed by atoms with Crippen LogP contribution in [-0.4, -0.2) is 37.2 Å². The summed E-state index contributed by atoms with van der Waals surface area (Å²) in [4.78, 5) is 22.3. The number of carbonyl (C=O) groups excluding carboxylic acids is 1. The Kier molecular flexibility index (Phi) is 5.66. The number of benzene rings is 1. The quantitative estimate of drug-likeness (QED) is 0.469. The van der Waals surface area contributed by atoms with Crippen molar-refractivity contribution in [3.63, 3.8) is 0 Å². The molecular formula is C14H20N2O5. The number of methoxy groups -OCH3 is 1. The summed E-state index contributed by atoms with van der Waals surface area (Å²) in [5, 5.41) is 13.9. The zero-order valence-electron chi connectivity index (χ0n) is 12.6. The molecule has 0 aliphatic rings. The number of nitrogens with one attached hydrogen (secondary N) is 1. The lowest BCUT2D eigenvalue weighted by atomic mass is 9.99. The molecule has 1 rings (SSSR count). The Morgan fingerprint density at radius 3 is 2.67 bits per heavy atom. The predicted octanol–water partition coefficient (Wildman–Crippen LogP) is 1.82. The molecule has 0 radical (unpaired) electrons. The fourth-order valence-electron chi connectivity index (χ4n) is 1.90. The third-order valence-electron chi connectivity index (χ3n) is 3.43. The molecule has 0 aromatic heterocycles. The minimum absolute atomic E-state index is 0.0540. The van der Waals surface area contributed by atoms with Crippen LogP contribution in [0.25, 0.3) is 0 Å². The molecule has 0 heterocycles. The van der Waals surface area contributed by atoms with Gasteiger partial charge in [-0.2, -0.15) is 0 Å². The fraction of sp³-hybridized carbons (Fsp3) is 0.500. The van der Waals surface area contributed by atoms with Crippen LogP contribution in [0.1, 0.15) is 18.9 Å². The van der Waals surface area contributed by atoms with Crippen LogP contribution in [-0.2, 0) is 9.53 Å². The topological polar surface area (TPSA) is 90.7 Å². The Hall–Kier alpha value is -2.15. The Morgan fingerprint density at radius 2 is 2.14 bits per heavy atom. The zero-order valence-corrected chi connectivity index (χ0v) is 12.6. The van der Waals surface area contributed by atoms with E-state index in [9.17, 15) is 14.9 Å². The molecular weight excluding hydrogens is 276 g/mol. The van der Waals surface area contributed by atoms with Crippen LogP contribution >= 0.6 is 0 Å². The summed E-state index contributed by atoms with van der Waals surface area (Å²) in [6.07, 6.45) is 0.321. The van der Waals surface area contributed by atoms with E-state index in [1.54, 1.807) is 39.1 Å². The van der Waals surface area contributed by atoms with Gasteiger partial charge >= 0.3 is 11.7 Å². The van der Waals surface area contributed by atoms with Crippen LogP contribution in [0.5, 0.6) is 5.75 Å². The molecule has 0 aliphatic heterocycles. The van der Waals surface area contributed by atoms with Gasteiger partial charge in [-0.1, -0.05) is 12.1 Å². The van der Waals surface area contributed by atoms with Gasteiger partial charge in [0.05, 0.1) is 18.6 Å². The number of rotatable bonds is 7. The van der Waals surface area contributed by atoms with Crippen molar-refractivity contribution in [2.24, 2.45) is 0 Å². The number of nitro benzene ring substituents is 1. The van der Waals surface area contributed by atoms with E-state index in [1.165, 1.54) is 7.11 Å². The first-order valence-electron chi connectivity index (χ1n) is 6.50. The van der Waals surface area contributed by atoms with Crippen LogP contribution in [0.3, 0.4) is 0 Å².